The van der Waals surface area contributed by atoms with Gasteiger partial charge in [-0.3, -0.25) is 9.59 Å². The fourth-order valence-electron chi connectivity index (χ4n) is 5.83. The normalized spacial score (nSPS) is 17.6. The van der Waals surface area contributed by atoms with Gasteiger partial charge in [0.1, 0.15) is 0 Å². The maximum Gasteiger partial charge on any atom is 0.220 e. The van der Waals surface area contributed by atoms with Crippen molar-refractivity contribution in [3.8, 4) is 44.7 Å². The summed E-state index contributed by atoms with van der Waals surface area (Å²) in [7, 11) is 3.24. The molecule has 4 aromatic rings. The quantitative estimate of drug-likeness (QED) is 0.159. The Morgan fingerprint density at radius 2 is 1.39 bits per heavy atom. The number of rotatable bonds is 13. The molecule has 46 heavy (non-hydrogen) atoms. The van der Waals surface area contributed by atoms with Crippen LogP contribution in [0.1, 0.15) is 36.8 Å². The summed E-state index contributed by atoms with van der Waals surface area (Å²) in [6, 6.07) is 16.3. The van der Waals surface area contributed by atoms with Crippen molar-refractivity contribution >= 4 is 34.8 Å². The zero-order valence-electron chi connectivity index (χ0n) is 25.8. The first-order chi connectivity index (χ1) is 22.4. The Bertz CT molecular complexity index is 1730. The summed E-state index contributed by atoms with van der Waals surface area (Å²) in [5, 5.41) is 15.4. The van der Waals surface area contributed by atoms with Crippen molar-refractivity contribution in [1.29, 1.82) is 0 Å². The Hall–Kier alpha value is -4.03. The number of nitrogens with zero attached hydrogens (tertiary/aromatic N) is 2. The molecular weight excluding hydrogens is 624 g/mol. The second-order valence-corrected chi connectivity index (χ2v) is 12.8. The largest absolute Gasteiger partial charge is 0.481 e. The number of hydrogen-bond acceptors (Lipinski definition) is 9. The molecule has 3 aromatic heterocycles. The molecule has 0 bridgehead atoms. The Kier molecular flexibility index (Phi) is 10.1. The number of carbonyl (C=O) groups is 2. The highest BCUT2D eigenvalue weighted by Gasteiger charge is 2.22. The van der Waals surface area contributed by atoms with E-state index < -0.39 is 0 Å². The number of aromatic nitrogens is 2. The number of amides is 2. The van der Waals surface area contributed by atoms with Gasteiger partial charge in [0.05, 0.1) is 30.6 Å². The van der Waals surface area contributed by atoms with Gasteiger partial charge in [-0.15, -0.1) is 11.3 Å². The molecule has 6 rings (SSSR count). The molecule has 2 amide bonds. The van der Waals surface area contributed by atoms with E-state index in [1.165, 1.54) is 0 Å². The summed E-state index contributed by atoms with van der Waals surface area (Å²) in [5.41, 5.74) is 6.11. The highest BCUT2D eigenvalue weighted by molar-refractivity contribution is 7.14. The van der Waals surface area contributed by atoms with E-state index in [4.69, 9.17) is 31.0 Å². The number of hydrogen-bond donors (Lipinski definition) is 4. The number of halogens is 1. The summed E-state index contributed by atoms with van der Waals surface area (Å²) in [6.07, 6.45) is 2.87. The van der Waals surface area contributed by atoms with E-state index >= 15 is 0 Å². The zero-order valence-corrected chi connectivity index (χ0v) is 27.4. The Morgan fingerprint density at radius 3 is 1.96 bits per heavy atom. The number of benzene rings is 1. The molecule has 5 heterocycles. The van der Waals surface area contributed by atoms with Gasteiger partial charge >= 0.3 is 0 Å². The van der Waals surface area contributed by atoms with Crippen LogP contribution in [0.25, 0.3) is 33.0 Å². The van der Waals surface area contributed by atoms with Gasteiger partial charge < -0.3 is 30.7 Å². The van der Waals surface area contributed by atoms with Crippen LogP contribution in [-0.2, 0) is 22.7 Å². The average molecular weight is 661 g/mol. The molecule has 2 aliphatic rings. The molecule has 240 valence electrons. The standard InChI is InChI=1S/C34H37ClN6O4S/c1-44-33-20(15-36-17-23-8-12-30(42)38-23)6-10-27(40-33)22-14-29(46-19-22)26-5-3-4-25(32(26)35)28-11-7-21(34(41-28)45-2)16-37-18-24-9-13-31(43)39-24/h3-7,10-11,14,19,23-24,36-37H,8-9,12-13,15-18H2,1-2H3,(H,38,42)(H,39,43)/t23-,24-/m0/s1. The lowest BCUT2D eigenvalue weighted by Crippen LogP contribution is -2.35. The summed E-state index contributed by atoms with van der Waals surface area (Å²) in [5.74, 6) is 1.32. The second kappa shape index (κ2) is 14.6. The van der Waals surface area contributed by atoms with Gasteiger partial charge in [0.2, 0.25) is 23.6 Å². The van der Waals surface area contributed by atoms with E-state index in [1.807, 2.05) is 42.5 Å². The predicted molar refractivity (Wildman–Crippen MR) is 180 cm³/mol. The third kappa shape index (κ3) is 7.33. The molecule has 12 heteroatoms. The lowest BCUT2D eigenvalue weighted by molar-refractivity contribution is -0.120. The van der Waals surface area contributed by atoms with Crippen molar-refractivity contribution in [2.45, 2.75) is 50.9 Å². The van der Waals surface area contributed by atoms with Crippen LogP contribution in [0.15, 0.2) is 53.9 Å². The van der Waals surface area contributed by atoms with Crippen molar-refractivity contribution in [2.24, 2.45) is 0 Å². The number of nitrogens with one attached hydrogen (secondary N) is 4. The van der Waals surface area contributed by atoms with Gasteiger partial charge in [-0.25, -0.2) is 9.97 Å². The lowest BCUT2D eigenvalue weighted by atomic mass is 10.0. The fourth-order valence-corrected chi connectivity index (χ4v) is 7.14. The first kappa shape index (κ1) is 31.9. The molecule has 2 atom stereocenters. The van der Waals surface area contributed by atoms with Gasteiger partial charge in [0.15, 0.2) is 0 Å². The summed E-state index contributed by atoms with van der Waals surface area (Å²) < 4.78 is 11.3. The molecular formula is C34H37ClN6O4S. The highest BCUT2D eigenvalue weighted by Crippen LogP contribution is 2.40. The van der Waals surface area contributed by atoms with E-state index in [-0.39, 0.29) is 23.9 Å². The number of carbonyl (C=O) groups excluding carboxylic acids is 2. The van der Waals surface area contributed by atoms with Crippen molar-refractivity contribution in [1.82, 2.24) is 31.2 Å². The van der Waals surface area contributed by atoms with Gasteiger partial charge in [-0.1, -0.05) is 41.9 Å². The fraction of sp³-hybridized carbons (Fsp3) is 0.353. The minimum Gasteiger partial charge on any atom is -0.481 e. The lowest BCUT2D eigenvalue weighted by Gasteiger charge is -2.14. The summed E-state index contributed by atoms with van der Waals surface area (Å²) in [6.45, 7) is 2.57. The van der Waals surface area contributed by atoms with E-state index in [0.29, 0.717) is 55.8 Å². The molecule has 0 radical (unpaired) electrons. The molecule has 0 spiro atoms. The van der Waals surface area contributed by atoms with Crippen LogP contribution in [0.3, 0.4) is 0 Å². The monoisotopic (exact) mass is 660 g/mol. The number of ether oxygens (including phenoxy) is 2. The number of thiophene rings is 1. The van der Waals surface area contributed by atoms with Crippen LogP contribution in [-0.4, -0.2) is 61.2 Å². The van der Waals surface area contributed by atoms with Crippen LogP contribution >= 0.6 is 22.9 Å². The minimum atomic E-state index is 0.108. The van der Waals surface area contributed by atoms with E-state index in [1.54, 1.807) is 25.6 Å². The molecule has 4 N–H and O–H groups in total. The van der Waals surface area contributed by atoms with Crippen LogP contribution in [0.5, 0.6) is 11.8 Å². The van der Waals surface area contributed by atoms with Crippen LogP contribution < -0.4 is 30.7 Å². The molecule has 0 aliphatic carbocycles. The topological polar surface area (TPSA) is 126 Å². The minimum absolute atomic E-state index is 0.108. The Balaban J connectivity index is 1.14. The van der Waals surface area contributed by atoms with Crippen LogP contribution in [0.2, 0.25) is 5.02 Å². The molecule has 2 fully saturated rings. The van der Waals surface area contributed by atoms with E-state index in [0.717, 1.165) is 56.9 Å². The van der Waals surface area contributed by atoms with Crippen LogP contribution in [0.4, 0.5) is 0 Å². The molecule has 1 aromatic carbocycles. The van der Waals surface area contributed by atoms with Gasteiger partial charge in [-0.05, 0) is 31.0 Å². The average Bonchev–Trinajstić information content (AvgIpc) is 3.83. The maximum atomic E-state index is 11.5. The summed E-state index contributed by atoms with van der Waals surface area (Å²) in [4.78, 5) is 33.5. The Labute approximate surface area is 277 Å². The van der Waals surface area contributed by atoms with E-state index in [2.05, 4.69) is 32.7 Å². The van der Waals surface area contributed by atoms with Crippen molar-refractivity contribution in [2.75, 3.05) is 27.3 Å². The molecule has 2 saturated heterocycles. The van der Waals surface area contributed by atoms with Crippen molar-refractivity contribution in [3.05, 3.63) is 70.1 Å². The SMILES string of the molecule is COc1nc(-c2csc(-c3cccc(-c4ccc(CNC[C@@H]5CCC(=O)N5)c(OC)n4)c3Cl)c2)ccc1CNC[C@@H]1CCC(=O)N1. The Morgan fingerprint density at radius 1 is 0.826 bits per heavy atom. The first-order valence-electron chi connectivity index (χ1n) is 15.4. The molecule has 2 aliphatic heterocycles. The summed E-state index contributed by atoms with van der Waals surface area (Å²) >= 11 is 8.62. The number of pyridine rings is 2. The third-order valence-electron chi connectivity index (χ3n) is 8.28. The van der Waals surface area contributed by atoms with Gasteiger partial charge in [0, 0.05) is 89.2 Å². The number of methoxy groups -OCH3 is 2. The highest BCUT2D eigenvalue weighted by atomic mass is 35.5. The maximum absolute atomic E-state index is 11.5. The second-order valence-electron chi connectivity index (χ2n) is 11.5. The van der Waals surface area contributed by atoms with Crippen LogP contribution in [0, 0.1) is 0 Å². The first-order valence-corrected chi connectivity index (χ1v) is 16.6. The molecule has 0 unspecified atom stereocenters. The van der Waals surface area contributed by atoms with Crippen molar-refractivity contribution in [3.63, 3.8) is 0 Å². The van der Waals surface area contributed by atoms with Gasteiger partial charge in [-0.2, -0.15) is 0 Å². The van der Waals surface area contributed by atoms with Crippen molar-refractivity contribution < 1.29 is 19.1 Å². The predicted octanol–water partition coefficient (Wildman–Crippen LogP) is 4.95. The molecule has 10 nitrogen and oxygen atoms in total. The smallest absolute Gasteiger partial charge is 0.220 e. The molecule has 0 saturated carbocycles. The van der Waals surface area contributed by atoms with E-state index in [9.17, 15) is 9.59 Å². The third-order valence-corrected chi connectivity index (χ3v) is 9.65. The zero-order chi connectivity index (χ0) is 32.0. The van der Waals surface area contributed by atoms with Gasteiger partial charge in [0.25, 0.3) is 0 Å².